The van der Waals surface area contributed by atoms with Crippen LogP contribution in [0.4, 0.5) is 5.69 Å². The number of hydrogen-bond acceptors (Lipinski definition) is 2. The fraction of sp³-hybridized carbons (Fsp3) is 0.188. The van der Waals surface area contributed by atoms with Gasteiger partial charge in [-0.2, -0.15) is 0 Å². The Morgan fingerprint density at radius 3 is 2.11 bits per heavy atom. The summed E-state index contributed by atoms with van der Waals surface area (Å²) in [5.41, 5.74) is 7.16. The summed E-state index contributed by atoms with van der Waals surface area (Å²) in [7, 11) is 0. The van der Waals surface area contributed by atoms with Gasteiger partial charge in [-0.25, -0.2) is 0 Å². The molecule has 0 saturated carbocycles. The number of carbonyl (C=O) groups excluding carboxylic acids is 1. The molecule has 0 bridgehead atoms. The maximum absolute atomic E-state index is 12.5. The molecule has 0 aromatic heterocycles. The standard InChI is InChI=1S/C16H18N2O/c17-12-7-13-18(15-10-5-2-6-11-15)16(19)14-8-3-1-4-9-14/h1-6,8-11H,7,12-13,17H2. The molecule has 0 aliphatic rings. The van der Waals surface area contributed by atoms with Crippen LogP contribution in [0.15, 0.2) is 60.7 Å². The molecule has 0 atom stereocenters. The molecule has 0 spiro atoms. The number of anilines is 1. The first kappa shape index (κ1) is 13.3. The zero-order valence-corrected chi connectivity index (χ0v) is 10.8. The highest BCUT2D eigenvalue weighted by Gasteiger charge is 2.16. The number of amides is 1. The molecule has 2 aromatic carbocycles. The van der Waals surface area contributed by atoms with Crippen molar-refractivity contribution >= 4 is 11.6 Å². The molecule has 2 aromatic rings. The number of nitrogens with two attached hydrogens (primary N) is 1. The first-order valence-electron chi connectivity index (χ1n) is 6.45. The van der Waals surface area contributed by atoms with Crippen molar-refractivity contribution in [3.63, 3.8) is 0 Å². The Hall–Kier alpha value is -2.13. The second kappa shape index (κ2) is 6.71. The third-order valence-corrected chi connectivity index (χ3v) is 2.92. The van der Waals surface area contributed by atoms with Crippen LogP contribution in [0.2, 0.25) is 0 Å². The first-order chi connectivity index (χ1) is 9.33. The topological polar surface area (TPSA) is 46.3 Å². The smallest absolute Gasteiger partial charge is 0.258 e. The zero-order valence-electron chi connectivity index (χ0n) is 10.8. The highest BCUT2D eigenvalue weighted by Crippen LogP contribution is 2.17. The van der Waals surface area contributed by atoms with Gasteiger partial charge >= 0.3 is 0 Å². The van der Waals surface area contributed by atoms with E-state index in [4.69, 9.17) is 5.73 Å². The molecule has 2 N–H and O–H groups in total. The summed E-state index contributed by atoms with van der Waals surface area (Å²) in [5, 5.41) is 0. The normalized spacial score (nSPS) is 10.2. The van der Waals surface area contributed by atoms with E-state index in [1.807, 2.05) is 60.7 Å². The number of benzene rings is 2. The van der Waals surface area contributed by atoms with Crippen molar-refractivity contribution in [2.75, 3.05) is 18.0 Å². The van der Waals surface area contributed by atoms with E-state index < -0.39 is 0 Å². The number of hydrogen-bond donors (Lipinski definition) is 1. The van der Waals surface area contributed by atoms with Gasteiger partial charge in [0.05, 0.1) is 0 Å². The van der Waals surface area contributed by atoms with Crippen LogP contribution in [0.1, 0.15) is 16.8 Å². The fourth-order valence-electron chi connectivity index (χ4n) is 1.94. The van der Waals surface area contributed by atoms with Gasteiger partial charge in [0.1, 0.15) is 0 Å². The molecule has 1 amide bonds. The number of carbonyl (C=O) groups is 1. The van der Waals surface area contributed by atoms with Crippen molar-refractivity contribution in [1.82, 2.24) is 0 Å². The number of para-hydroxylation sites is 1. The van der Waals surface area contributed by atoms with Gasteiger partial charge < -0.3 is 10.6 Å². The SMILES string of the molecule is NCCCN(C(=O)c1ccccc1)c1ccccc1. The predicted octanol–water partition coefficient (Wildman–Crippen LogP) is 2.68. The van der Waals surface area contributed by atoms with Crippen molar-refractivity contribution < 1.29 is 4.79 Å². The quantitative estimate of drug-likeness (QED) is 0.891. The molecule has 0 aliphatic heterocycles. The van der Waals surface area contributed by atoms with E-state index in [1.165, 1.54) is 0 Å². The molecular formula is C16H18N2O. The Kier molecular flexibility index (Phi) is 4.70. The maximum Gasteiger partial charge on any atom is 0.258 e. The lowest BCUT2D eigenvalue weighted by molar-refractivity contribution is 0.0987. The zero-order chi connectivity index (χ0) is 13.5. The van der Waals surface area contributed by atoms with E-state index >= 15 is 0 Å². The average molecular weight is 254 g/mol. The molecular weight excluding hydrogens is 236 g/mol. The lowest BCUT2D eigenvalue weighted by atomic mass is 10.1. The summed E-state index contributed by atoms with van der Waals surface area (Å²) in [6.07, 6.45) is 0.785. The van der Waals surface area contributed by atoms with Gasteiger partial charge in [0.15, 0.2) is 0 Å². The minimum Gasteiger partial charge on any atom is -0.330 e. The van der Waals surface area contributed by atoms with Crippen LogP contribution in [-0.2, 0) is 0 Å². The van der Waals surface area contributed by atoms with Gasteiger partial charge in [-0.15, -0.1) is 0 Å². The third-order valence-electron chi connectivity index (χ3n) is 2.92. The Bertz CT molecular complexity index is 511. The highest BCUT2D eigenvalue weighted by atomic mass is 16.2. The van der Waals surface area contributed by atoms with Gasteiger partial charge in [0.25, 0.3) is 5.91 Å². The molecule has 0 radical (unpaired) electrons. The van der Waals surface area contributed by atoms with Crippen molar-refractivity contribution in [3.8, 4) is 0 Å². The predicted molar refractivity (Wildman–Crippen MR) is 78.2 cm³/mol. The monoisotopic (exact) mass is 254 g/mol. The highest BCUT2D eigenvalue weighted by molar-refractivity contribution is 6.06. The van der Waals surface area contributed by atoms with E-state index in [2.05, 4.69) is 0 Å². The Morgan fingerprint density at radius 2 is 1.53 bits per heavy atom. The molecule has 0 saturated heterocycles. The lowest BCUT2D eigenvalue weighted by Gasteiger charge is -2.22. The Labute approximate surface area is 113 Å². The van der Waals surface area contributed by atoms with Crippen LogP contribution >= 0.6 is 0 Å². The average Bonchev–Trinajstić information content (AvgIpc) is 2.49. The van der Waals surface area contributed by atoms with E-state index in [9.17, 15) is 4.79 Å². The molecule has 0 aliphatic carbocycles. The minimum atomic E-state index is 0.0141. The number of nitrogens with zero attached hydrogens (tertiary/aromatic N) is 1. The summed E-state index contributed by atoms with van der Waals surface area (Å²) in [5.74, 6) is 0.0141. The van der Waals surface area contributed by atoms with Crippen molar-refractivity contribution in [2.24, 2.45) is 5.73 Å². The van der Waals surface area contributed by atoms with E-state index in [0.717, 1.165) is 12.1 Å². The Morgan fingerprint density at radius 1 is 0.947 bits per heavy atom. The molecule has 0 unspecified atom stereocenters. The van der Waals surface area contributed by atoms with Crippen LogP contribution in [0.3, 0.4) is 0 Å². The third kappa shape index (κ3) is 3.42. The molecule has 0 heterocycles. The van der Waals surface area contributed by atoms with E-state index in [0.29, 0.717) is 18.7 Å². The van der Waals surface area contributed by atoms with Crippen LogP contribution in [-0.4, -0.2) is 19.0 Å². The molecule has 3 heteroatoms. The van der Waals surface area contributed by atoms with Crippen LogP contribution in [0.5, 0.6) is 0 Å². The molecule has 2 rings (SSSR count). The second-order valence-corrected chi connectivity index (χ2v) is 4.30. The molecule has 19 heavy (non-hydrogen) atoms. The van der Waals surface area contributed by atoms with E-state index in [-0.39, 0.29) is 5.91 Å². The van der Waals surface area contributed by atoms with Gasteiger partial charge in [-0.05, 0) is 37.2 Å². The Balaban J connectivity index is 2.25. The lowest BCUT2D eigenvalue weighted by Crippen LogP contribution is -2.32. The van der Waals surface area contributed by atoms with Crippen LogP contribution < -0.4 is 10.6 Å². The number of rotatable bonds is 5. The van der Waals surface area contributed by atoms with Crippen molar-refractivity contribution in [3.05, 3.63) is 66.2 Å². The van der Waals surface area contributed by atoms with Gasteiger partial charge in [0.2, 0.25) is 0 Å². The first-order valence-corrected chi connectivity index (χ1v) is 6.45. The maximum atomic E-state index is 12.5. The second-order valence-electron chi connectivity index (χ2n) is 4.30. The summed E-state index contributed by atoms with van der Waals surface area (Å²) < 4.78 is 0. The van der Waals surface area contributed by atoms with Crippen molar-refractivity contribution in [2.45, 2.75) is 6.42 Å². The van der Waals surface area contributed by atoms with Gasteiger partial charge in [-0.1, -0.05) is 36.4 Å². The van der Waals surface area contributed by atoms with Crippen LogP contribution in [0.25, 0.3) is 0 Å². The summed E-state index contributed by atoms with van der Waals surface area (Å²) in [6.45, 7) is 1.21. The molecule has 3 nitrogen and oxygen atoms in total. The summed E-state index contributed by atoms with van der Waals surface area (Å²) in [6, 6.07) is 19.0. The fourth-order valence-corrected chi connectivity index (χ4v) is 1.94. The molecule has 0 fully saturated rings. The van der Waals surface area contributed by atoms with Crippen LogP contribution in [0, 0.1) is 0 Å². The summed E-state index contributed by atoms with van der Waals surface area (Å²) in [4.78, 5) is 14.3. The van der Waals surface area contributed by atoms with Gasteiger partial charge in [0, 0.05) is 17.8 Å². The minimum absolute atomic E-state index is 0.0141. The van der Waals surface area contributed by atoms with E-state index in [1.54, 1.807) is 4.90 Å². The molecule has 98 valence electrons. The largest absolute Gasteiger partial charge is 0.330 e. The van der Waals surface area contributed by atoms with Gasteiger partial charge in [-0.3, -0.25) is 4.79 Å². The summed E-state index contributed by atoms with van der Waals surface area (Å²) >= 11 is 0. The van der Waals surface area contributed by atoms with Crippen molar-refractivity contribution in [1.29, 1.82) is 0 Å².